The molecule has 0 radical (unpaired) electrons. The van der Waals surface area contributed by atoms with E-state index in [0.29, 0.717) is 16.9 Å². The van der Waals surface area contributed by atoms with Crippen molar-refractivity contribution in [2.75, 3.05) is 0 Å². The highest BCUT2D eigenvalue weighted by Gasteiger charge is 2.08. The van der Waals surface area contributed by atoms with Crippen LogP contribution in [0.1, 0.15) is 11.1 Å². The molecule has 2 aromatic rings. The molecule has 0 spiro atoms. The van der Waals surface area contributed by atoms with Gasteiger partial charge in [-0.25, -0.2) is 4.39 Å². The Labute approximate surface area is 147 Å². The van der Waals surface area contributed by atoms with Crippen molar-refractivity contribution in [1.29, 1.82) is 5.26 Å². The van der Waals surface area contributed by atoms with Gasteiger partial charge in [-0.15, -0.1) is 0 Å². The molecule has 0 atom stereocenters. The van der Waals surface area contributed by atoms with E-state index >= 15 is 0 Å². The van der Waals surface area contributed by atoms with Gasteiger partial charge < -0.3 is 10.5 Å². The van der Waals surface area contributed by atoms with Crippen LogP contribution in [0.3, 0.4) is 0 Å². The number of hydrogen-bond acceptors (Lipinski definition) is 3. The van der Waals surface area contributed by atoms with Crippen LogP contribution in [0.2, 0.25) is 0 Å². The molecule has 6 heteroatoms. The first-order valence-corrected chi connectivity index (χ1v) is 7.78. The molecule has 116 valence electrons. The van der Waals surface area contributed by atoms with Gasteiger partial charge in [0.2, 0.25) is 0 Å². The summed E-state index contributed by atoms with van der Waals surface area (Å²) in [7, 11) is 0. The third kappa shape index (κ3) is 4.62. The van der Waals surface area contributed by atoms with E-state index in [9.17, 15) is 4.39 Å². The Kier molecular flexibility index (Phi) is 5.85. The summed E-state index contributed by atoms with van der Waals surface area (Å²) in [4.78, 5) is 0.00697. The summed E-state index contributed by atoms with van der Waals surface area (Å²) in [5, 5.41) is 9.07. The molecule has 2 rings (SSSR count). The molecule has 0 saturated heterocycles. The molecule has 0 amide bonds. The lowest BCUT2D eigenvalue weighted by atomic mass is 10.1. The maximum absolute atomic E-state index is 13.7. The molecule has 0 aliphatic heterocycles. The minimum atomic E-state index is -0.331. The highest BCUT2D eigenvalue weighted by Crippen LogP contribution is 2.26. The second-order valence-electron chi connectivity index (χ2n) is 4.60. The SMILES string of the molecule is N#CC(=Cc1cc(Br)ccc1OCc1ccccc1F)C(N)=S. The lowest BCUT2D eigenvalue weighted by Gasteiger charge is -2.11. The number of nitrogens with zero attached hydrogens (tertiary/aromatic N) is 1. The molecule has 0 saturated carbocycles. The Hall–Kier alpha value is -2.23. The maximum atomic E-state index is 13.7. The van der Waals surface area contributed by atoms with Gasteiger partial charge in [-0.3, -0.25) is 0 Å². The van der Waals surface area contributed by atoms with Gasteiger partial charge >= 0.3 is 0 Å². The van der Waals surface area contributed by atoms with Gasteiger partial charge in [0.15, 0.2) is 0 Å². The first-order valence-electron chi connectivity index (χ1n) is 6.58. The molecular weight excluding hydrogens is 379 g/mol. The van der Waals surface area contributed by atoms with E-state index in [-0.39, 0.29) is 23.0 Å². The standard InChI is InChI=1S/C17H12BrFN2OS/c18-14-5-6-16(12(8-14)7-13(9-20)17(21)23)22-10-11-3-1-2-4-15(11)19/h1-8H,10H2,(H2,21,23). The fourth-order valence-corrected chi connectivity index (χ4v) is 2.33. The van der Waals surface area contributed by atoms with Crippen LogP contribution in [0.4, 0.5) is 4.39 Å². The van der Waals surface area contributed by atoms with Gasteiger partial charge in [0, 0.05) is 15.6 Å². The number of thiocarbonyl (C=S) groups is 1. The van der Waals surface area contributed by atoms with E-state index in [4.69, 9.17) is 28.0 Å². The Morgan fingerprint density at radius 2 is 2.09 bits per heavy atom. The van der Waals surface area contributed by atoms with Gasteiger partial charge in [0.05, 0.1) is 5.57 Å². The normalized spacial score (nSPS) is 10.9. The van der Waals surface area contributed by atoms with Crippen LogP contribution in [-0.2, 0) is 6.61 Å². The van der Waals surface area contributed by atoms with E-state index < -0.39 is 0 Å². The number of nitrogens with two attached hydrogens (primary N) is 1. The Morgan fingerprint density at radius 3 is 2.74 bits per heavy atom. The van der Waals surface area contributed by atoms with Crippen molar-refractivity contribution in [1.82, 2.24) is 0 Å². The number of nitriles is 1. The van der Waals surface area contributed by atoms with E-state index in [1.54, 1.807) is 42.5 Å². The number of ether oxygens (including phenoxy) is 1. The zero-order chi connectivity index (χ0) is 16.8. The third-order valence-corrected chi connectivity index (χ3v) is 3.71. The van der Waals surface area contributed by atoms with E-state index in [1.807, 2.05) is 6.07 Å². The monoisotopic (exact) mass is 390 g/mol. The Balaban J connectivity index is 2.31. The first kappa shape index (κ1) is 17.1. The van der Waals surface area contributed by atoms with Crippen LogP contribution in [0.5, 0.6) is 5.75 Å². The quantitative estimate of drug-likeness (QED) is 0.468. The minimum absolute atomic E-state index is 0.00697. The van der Waals surface area contributed by atoms with Crippen molar-refractivity contribution >= 4 is 39.2 Å². The summed E-state index contributed by atoms with van der Waals surface area (Å²) < 4.78 is 20.1. The van der Waals surface area contributed by atoms with Crippen LogP contribution < -0.4 is 10.5 Å². The third-order valence-electron chi connectivity index (χ3n) is 3.00. The predicted molar refractivity (Wildman–Crippen MR) is 95.2 cm³/mol. The van der Waals surface area contributed by atoms with Crippen LogP contribution in [0, 0.1) is 17.1 Å². The number of hydrogen-bond donors (Lipinski definition) is 1. The summed E-state index contributed by atoms with van der Waals surface area (Å²) in [6.45, 7) is 0.0735. The van der Waals surface area contributed by atoms with Crippen molar-refractivity contribution in [3.8, 4) is 11.8 Å². The molecule has 0 aromatic heterocycles. The molecule has 0 heterocycles. The average molecular weight is 391 g/mol. The molecule has 23 heavy (non-hydrogen) atoms. The molecule has 2 N–H and O–H groups in total. The van der Waals surface area contributed by atoms with Gasteiger partial charge in [-0.2, -0.15) is 5.26 Å². The minimum Gasteiger partial charge on any atom is -0.488 e. The lowest BCUT2D eigenvalue weighted by Crippen LogP contribution is -2.09. The largest absolute Gasteiger partial charge is 0.488 e. The maximum Gasteiger partial charge on any atom is 0.129 e. The second-order valence-corrected chi connectivity index (χ2v) is 5.95. The smallest absolute Gasteiger partial charge is 0.129 e. The second kappa shape index (κ2) is 7.86. The van der Waals surface area contributed by atoms with Crippen molar-refractivity contribution in [2.45, 2.75) is 6.61 Å². The fourth-order valence-electron chi connectivity index (χ4n) is 1.85. The molecule has 3 nitrogen and oxygen atoms in total. The molecule has 0 bridgehead atoms. The zero-order valence-corrected chi connectivity index (χ0v) is 14.3. The van der Waals surface area contributed by atoms with Crippen molar-refractivity contribution in [3.05, 3.63) is 69.5 Å². The van der Waals surface area contributed by atoms with Gasteiger partial charge in [0.25, 0.3) is 0 Å². The molecular formula is C17H12BrFN2OS. The molecule has 0 unspecified atom stereocenters. The summed E-state index contributed by atoms with van der Waals surface area (Å²) in [5.74, 6) is 0.169. The molecule has 0 aliphatic rings. The molecule has 0 aliphatic carbocycles. The number of rotatable bonds is 5. The van der Waals surface area contributed by atoms with Gasteiger partial charge in [-0.05, 0) is 30.3 Å². The lowest BCUT2D eigenvalue weighted by molar-refractivity contribution is 0.299. The van der Waals surface area contributed by atoms with E-state index in [1.165, 1.54) is 6.07 Å². The van der Waals surface area contributed by atoms with Crippen LogP contribution in [0.25, 0.3) is 6.08 Å². The summed E-state index contributed by atoms with van der Waals surface area (Å²) >= 11 is 8.20. The number of benzene rings is 2. The first-order chi connectivity index (χ1) is 11.0. The summed E-state index contributed by atoms with van der Waals surface area (Å²) in [6.07, 6.45) is 1.55. The fraction of sp³-hybridized carbons (Fsp3) is 0.0588. The highest BCUT2D eigenvalue weighted by molar-refractivity contribution is 9.10. The van der Waals surface area contributed by atoms with Gasteiger partial charge in [-0.1, -0.05) is 46.3 Å². The van der Waals surface area contributed by atoms with Crippen LogP contribution in [0.15, 0.2) is 52.5 Å². The molecule has 2 aromatic carbocycles. The Morgan fingerprint density at radius 1 is 1.35 bits per heavy atom. The zero-order valence-electron chi connectivity index (χ0n) is 11.9. The van der Waals surface area contributed by atoms with Crippen LogP contribution >= 0.6 is 28.1 Å². The summed E-state index contributed by atoms with van der Waals surface area (Å²) in [5.41, 5.74) is 6.75. The Bertz CT molecular complexity index is 814. The van der Waals surface area contributed by atoms with E-state index in [0.717, 1.165) is 4.47 Å². The number of halogens is 2. The highest BCUT2D eigenvalue weighted by atomic mass is 79.9. The van der Waals surface area contributed by atoms with Crippen molar-refractivity contribution in [2.24, 2.45) is 5.73 Å². The van der Waals surface area contributed by atoms with Crippen molar-refractivity contribution in [3.63, 3.8) is 0 Å². The van der Waals surface area contributed by atoms with E-state index in [2.05, 4.69) is 15.9 Å². The predicted octanol–water partition coefficient (Wildman–Crippen LogP) is 4.36. The molecule has 0 fully saturated rings. The topological polar surface area (TPSA) is 59.0 Å². The van der Waals surface area contributed by atoms with Crippen LogP contribution in [-0.4, -0.2) is 4.99 Å². The van der Waals surface area contributed by atoms with Crippen molar-refractivity contribution < 1.29 is 9.13 Å². The summed E-state index contributed by atoms with van der Waals surface area (Å²) in [6, 6.07) is 13.6. The van der Waals surface area contributed by atoms with Gasteiger partial charge in [0.1, 0.15) is 29.2 Å². The average Bonchev–Trinajstić information content (AvgIpc) is 2.52.